The Kier molecular flexibility index (Phi) is 4.13. The topological polar surface area (TPSA) is 67.3 Å². The number of halogens is 1. The molecule has 2 rings (SSSR count). The monoisotopic (exact) mass is 312 g/mol. The summed E-state index contributed by atoms with van der Waals surface area (Å²) in [6, 6.07) is -0.470. The Labute approximate surface area is 129 Å². The van der Waals surface area contributed by atoms with Crippen molar-refractivity contribution >= 4 is 29.0 Å². The highest BCUT2D eigenvalue weighted by Gasteiger charge is 2.38. The van der Waals surface area contributed by atoms with Gasteiger partial charge in [0.1, 0.15) is 11.7 Å². The highest BCUT2D eigenvalue weighted by atomic mass is 35.5. The lowest BCUT2D eigenvalue weighted by molar-refractivity contribution is -0.124. The molecule has 1 aliphatic heterocycles. The lowest BCUT2D eigenvalue weighted by Gasteiger charge is -2.39. The van der Waals surface area contributed by atoms with E-state index < -0.39 is 6.04 Å². The van der Waals surface area contributed by atoms with Crippen LogP contribution in [-0.4, -0.2) is 40.7 Å². The third kappa shape index (κ3) is 3.27. The highest BCUT2D eigenvalue weighted by molar-refractivity contribution is 6.28. The maximum Gasteiger partial charge on any atom is 0.249 e. The number of hydrogen-bond acceptors (Lipinski definition) is 5. The molecular weight excluding hydrogens is 292 g/mol. The zero-order valence-electron chi connectivity index (χ0n) is 13.2. The van der Waals surface area contributed by atoms with Gasteiger partial charge in [-0.25, -0.2) is 4.98 Å². The Morgan fingerprint density at radius 2 is 2.00 bits per heavy atom. The number of amides is 1. The molecule has 2 unspecified atom stereocenters. The van der Waals surface area contributed by atoms with E-state index in [1.807, 2.05) is 34.7 Å². The first-order chi connectivity index (χ1) is 9.60. The number of anilines is 2. The molecule has 0 bridgehead atoms. The summed E-state index contributed by atoms with van der Waals surface area (Å²) < 4.78 is 5.91. The summed E-state index contributed by atoms with van der Waals surface area (Å²) >= 11 is 5.92. The van der Waals surface area contributed by atoms with Crippen molar-refractivity contribution in [2.75, 3.05) is 17.3 Å². The van der Waals surface area contributed by atoms with Crippen molar-refractivity contribution < 1.29 is 9.53 Å². The van der Waals surface area contributed by atoms with Crippen LogP contribution in [0.25, 0.3) is 0 Å². The van der Waals surface area contributed by atoms with E-state index in [1.54, 1.807) is 11.8 Å². The molecular formula is C14H21ClN4O2. The van der Waals surface area contributed by atoms with Crippen molar-refractivity contribution in [3.05, 3.63) is 11.0 Å². The second-order valence-corrected chi connectivity index (χ2v) is 6.60. The first-order valence-corrected chi connectivity index (χ1v) is 7.23. The average Bonchev–Trinajstić information content (AvgIpc) is 2.28. The van der Waals surface area contributed by atoms with Crippen LogP contribution in [0.5, 0.6) is 0 Å². The molecule has 2 atom stereocenters. The predicted octanol–water partition coefficient (Wildman–Crippen LogP) is 2.40. The van der Waals surface area contributed by atoms with Crippen LogP contribution in [0.1, 0.15) is 33.4 Å². The number of carbonyl (C=O) groups is 1. The summed E-state index contributed by atoms with van der Waals surface area (Å²) in [5, 5.41) is 3.02. The first kappa shape index (κ1) is 16.0. The van der Waals surface area contributed by atoms with E-state index in [9.17, 15) is 4.79 Å². The Balaban J connectivity index is 2.37. The van der Waals surface area contributed by atoms with Gasteiger partial charge in [-0.15, -0.1) is 0 Å². The number of rotatable bonds is 2. The third-order valence-electron chi connectivity index (χ3n) is 3.30. The molecule has 1 amide bonds. The highest BCUT2D eigenvalue weighted by Crippen LogP contribution is 2.33. The van der Waals surface area contributed by atoms with Gasteiger partial charge in [0.15, 0.2) is 5.82 Å². The second-order valence-electron chi connectivity index (χ2n) is 6.26. The zero-order valence-corrected chi connectivity index (χ0v) is 13.9. The fraction of sp³-hybridized carbons (Fsp3) is 0.643. The lowest BCUT2D eigenvalue weighted by atomic mass is 10.1. The standard InChI is InChI=1S/C14H21ClN4O2/c1-7-9-11(18-13(15)16-7)19(6)10(12(20)17-9)8(2)21-14(3,4)5/h8,10H,1-6H3,(H,17,20). The molecule has 1 aliphatic rings. The number of aryl methyl sites for hydroxylation is 1. The largest absolute Gasteiger partial charge is 0.370 e. The number of hydrogen-bond donors (Lipinski definition) is 1. The van der Waals surface area contributed by atoms with Crippen LogP contribution >= 0.6 is 11.6 Å². The van der Waals surface area contributed by atoms with Crippen molar-refractivity contribution in [3.8, 4) is 0 Å². The zero-order chi connectivity index (χ0) is 15.9. The molecule has 1 N–H and O–H groups in total. The fourth-order valence-corrected chi connectivity index (χ4v) is 2.79. The van der Waals surface area contributed by atoms with Gasteiger partial charge in [0.2, 0.25) is 11.2 Å². The van der Waals surface area contributed by atoms with Crippen LogP contribution in [0.2, 0.25) is 5.28 Å². The molecule has 1 aromatic heterocycles. The van der Waals surface area contributed by atoms with Crippen LogP contribution < -0.4 is 10.2 Å². The molecule has 0 radical (unpaired) electrons. The molecule has 0 fully saturated rings. The maximum atomic E-state index is 12.4. The van der Waals surface area contributed by atoms with Gasteiger partial charge in [-0.2, -0.15) is 4.98 Å². The average molecular weight is 313 g/mol. The number of aromatic nitrogens is 2. The Morgan fingerprint density at radius 3 is 2.57 bits per heavy atom. The minimum atomic E-state index is -0.470. The fourth-order valence-electron chi connectivity index (χ4n) is 2.58. The van der Waals surface area contributed by atoms with Crippen molar-refractivity contribution in [3.63, 3.8) is 0 Å². The van der Waals surface area contributed by atoms with Crippen molar-refractivity contribution in [2.45, 2.75) is 52.4 Å². The normalized spacial score (nSPS) is 20.0. The van der Waals surface area contributed by atoms with Gasteiger partial charge in [0.05, 0.1) is 17.4 Å². The van der Waals surface area contributed by atoms with Crippen molar-refractivity contribution in [2.24, 2.45) is 0 Å². The summed E-state index contributed by atoms with van der Waals surface area (Å²) in [6.07, 6.45) is -0.294. The molecule has 2 heterocycles. The summed E-state index contributed by atoms with van der Waals surface area (Å²) in [5.74, 6) is 0.484. The minimum absolute atomic E-state index is 0.129. The molecule has 0 aliphatic carbocycles. The second kappa shape index (κ2) is 5.42. The molecule has 21 heavy (non-hydrogen) atoms. The SMILES string of the molecule is Cc1nc(Cl)nc2c1NC(=O)C(C(C)OC(C)(C)C)N2C. The molecule has 7 heteroatoms. The van der Waals surface area contributed by atoms with Gasteiger partial charge in [-0.3, -0.25) is 4.79 Å². The molecule has 0 saturated heterocycles. The van der Waals surface area contributed by atoms with E-state index in [-0.39, 0.29) is 22.9 Å². The van der Waals surface area contributed by atoms with E-state index in [4.69, 9.17) is 16.3 Å². The predicted molar refractivity (Wildman–Crippen MR) is 82.9 cm³/mol. The lowest BCUT2D eigenvalue weighted by Crippen LogP contribution is -2.54. The van der Waals surface area contributed by atoms with E-state index in [2.05, 4.69) is 15.3 Å². The van der Waals surface area contributed by atoms with Gasteiger partial charge in [0.25, 0.3) is 0 Å². The first-order valence-electron chi connectivity index (χ1n) is 6.86. The third-order valence-corrected chi connectivity index (χ3v) is 3.46. The van der Waals surface area contributed by atoms with Gasteiger partial charge < -0.3 is 15.0 Å². The Morgan fingerprint density at radius 1 is 1.38 bits per heavy atom. The van der Waals surface area contributed by atoms with Crippen LogP contribution in [0.4, 0.5) is 11.5 Å². The number of nitrogens with one attached hydrogen (secondary N) is 1. The van der Waals surface area contributed by atoms with Gasteiger partial charge in [0, 0.05) is 7.05 Å². The number of nitrogens with zero attached hydrogens (tertiary/aromatic N) is 3. The summed E-state index contributed by atoms with van der Waals surface area (Å²) in [6.45, 7) is 9.55. The van der Waals surface area contributed by atoms with Gasteiger partial charge in [-0.05, 0) is 46.2 Å². The molecule has 0 spiro atoms. The summed E-state index contributed by atoms with van der Waals surface area (Å²) in [7, 11) is 1.81. The number of fused-ring (bicyclic) bond motifs is 1. The van der Waals surface area contributed by atoms with E-state index in [1.165, 1.54) is 0 Å². The smallest absolute Gasteiger partial charge is 0.249 e. The maximum absolute atomic E-state index is 12.4. The number of ether oxygens (including phenoxy) is 1. The van der Waals surface area contributed by atoms with Crippen LogP contribution in [-0.2, 0) is 9.53 Å². The quantitative estimate of drug-likeness (QED) is 0.849. The van der Waals surface area contributed by atoms with Gasteiger partial charge >= 0.3 is 0 Å². The molecule has 0 saturated carbocycles. The molecule has 6 nitrogen and oxygen atoms in total. The van der Waals surface area contributed by atoms with Crippen LogP contribution in [0, 0.1) is 6.92 Å². The van der Waals surface area contributed by atoms with Crippen molar-refractivity contribution in [1.29, 1.82) is 0 Å². The van der Waals surface area contributed by atoms with E-state index in [0.717, 1.165) is 0 Å². The van der Waals surface area contributed by atoms with E-state index >= 15 is 0 Å². The van der Waals surface area contributed by atoms with Crippen molar-refractivity contribution in [1.82, 2.24) is 9.97 Å². The minimum Gasteiger partial charge on any atom is -0.370 e. The molecule has 1 aromatic rings. The van der Waals surface area contributed by atoms with E-state index in [0.29, 0.717) is 17.2 Å². The summed E-state index contributed by atoms with van der Waals surface area (Å²) in [4.78, 5) is 22.5. The summed E-state index contributed by atoms with van der Waals surface area (Å²) in [5.41, 5.74) is 0.916. The number of carbonyl (C=O) groups excluding carboxylic acids is 1. The Bertz CT molecular complexity index is 571. The molecule has 0 aromatic carbocycles. The van der Waals surface area contributed by atoms with Crippen LogP contribution in [0.3, 0.4) is 0 Å². The number of likely N-dealkylation sites (N-methyl/N-ethyl adjacent to an activating group) is 1. The Hall–Kier alpha value is -1.40. The molecule has 116 valence electrons. The van der Waals surface area contributed by atoms with Gasteiger partial charge in [-0.1, -0.05) is 0 Å². The van der Waals surface area contributed by atoms with Crippen LogP contribution in [0.15, 0.2) is 0 Å².